The topological polar surface area (TPSA) is 9.23 Å². The van der Waals surface area contributed by atoms with Gasteiger partial charge >= 0.3 is 0 Å². The third kappa shape index (κ3) is 0.581. The molecule has 0 aromatic carbocycles. The monoisotopic (exact) mass is 87.0 g/mol. The molecule has 5 heavy (non-hydrogen) atoms. The number of rotatable bonds is 0. The maximum atomic E-state index is 4.56. The van der Waals surface area contributed by atoms with Crippen molar-refractivity contribution in [3.05, 3.63) is 12.3 Å². The zero-order valence-electron chi connectivity index (χ0n) is 2.60. The smallest absolute Gasteiger partial charge is 0.177 e. The average Bonchev–Trinajstić information content (AvgIpc) is 1.76. The van der Waals surface area contributed by atoms with Gasteiger partial charge in [0.1, 0.15) is 0 Å². The van der Waals surface area contributed by atoms with Crippen molar-refractivity contribution in [2.45, 2.75) is 0 Å². The van der Waals surface area contributed by atoms with Gasteiger partial charge in [0, 0.05) is 0 Å². The van der Waals surface area contributed by atoms with E-state index in [0.717, 1.165) is 5.75 Å². The molecule has 0 aromatic heterocycles. The van der Waals surface area contributed by atoms with E-state index in [1.54, 1.807) is 0 Å². The van der Waals surface area contributed by atoms with E-state index < -0.39 is 0 Å². The summed E-state index contributed by atoms with van der Waals surface area (Å²) in [4.78, 5) is 0. The van der Waals surface area contributed by atoms with Crippen LogP contribution in [0.25, 0.3) is 0 Å². The van der Waals surface area contributed by atoms with Gasteiger partial charge in [0.05, 0.1) is 17.8 Å². The molecule has 0 spiro atoms. The fraction of sp³-hybridized carbons (Fsp3) is 0.333. The van der Waals surface area contributed by atoms with Gasteiger partial charge in [0.25, 0.3) is 0 Å². The molecule has 1 radical (unpaired) electrons. The zero-order chi connectivity index (χ0) is 3.54. The first-order valence-electron chi connectivity index (χ1n) is 1.36. The quantitative estimate of drug-likeness (QED) is 0.407. The third-order valence-electron chi connectivity index (χ3n) is 0.342. The lowest BCUT2D eigenvalue weighted by Crippen LogP contribution is -1.50. The maximum absolute atomic E-state index is 4.56. The molecule has 0 saturated carbocycles. The summed E-state index contributed by atoms with van der Waals surface area (Å²) >= 11 is 1.41. The fourth-order valence-electron chi connectivity index (χ4n) is 0.170. The molecule has 0 aromatic rings. The Morgan fingerprint density at radius 1 is 2.00 bits per heavy atom. The molecule has 1 heterocycles. The van der Waals surface area contributed by atoms with Gasteiger partial charge in [0.2, 0.25) is 0 Å². The number of hydrogen-bond acceptors (Lipinski definition) is 2. The average molecular weight is 87.1 g/mol. The molecule has 2 heteroatoms. The Morgan fingerprint density at radius 3 is 3.20 bits per heavy atom. The highest BCUT2D eigenvalue weighted by molar-refractivity contribution is 7.95. The van der Waals surface area contributed by atoms with Gasteiger partial charge in [-0.1, -0.05) is 0 Å². The largest absolute Gasteiger partial charge is 0.422 e. The highest BCUT2D eigenvalue weighted by Gasteiger charge is 1.87. The summed E-state index contributed by atoms with van der Waals surface area (Å²) in [6.07, 6.45) is 4.41. The van der Waals surface area contributed by atoms with Crippen LogP contribution in [0.1, 0.15) is 0 Å². The van der Waals surface area contributed by atoms with Gasteiger partial charge in [-0.25, -0.2) is 0 Å². The molecule has 1 nitrogen and oxygen atoms in total. The van der Waals surface area contributed by atoms with E-state index in [0.29, 0.717) is 0 Å². The Balaban J connectivity index is 2.32. The highest BCUT2D eigenvalue weighted by Crippen LogP contribution is 2.07. The normalized spacial score (nSPS) is 19.2. The second kappa shape index (κ2) is 1.36. The van der Waals surface area contributed by atoms with Crippen LogP contribution >= 0.6 is 12.0 Å². The summed E-state index contributed by atoms with van der Waals surface area (Å²) in [7, 11) is 0. The minimum absolute atomic E-state index is 0.958. The summed E-state index contributed by atoms with van der Waals surface area (Å²) in [6.45, 7) is 0. The van der Waals surface area contributed by atoms with Gasteiger partial charge in [-0.2, -0.15) is 0 Å². The highest BCUT2D eigenvalue weighted by atomic mass is 32.2. The van der Waals surface area contributed by atoms with E-state index in [-0.39, 0.29) is 0 Å². The van der Waals surface area contributed by atoms with Crippen LogP contribution in [-0.4, -0.2) is 5.75 Å². The predicted octanol–water partition coefficient (Wildman–Crippen LogP) is 0.982. The van der Waals surface area contributed by atoms with Gasteiger partial charge in [-0.15, -0.1) is 0 Å². The van der Waals surface area contributed by atoms with Gasteiger partial charge in [-0.05, 0) is 6.08 Å². The van der Waals surface area contributed by atoms with Crippen molar-refractivity contribution >= 4 is 12.0 Å². The molecule has 27 valence electrons. The molecular weight excluding hydrogens is 84.1 g/mol. The summed E-state index contributed by atoms with van der Waals surface area (Å²) in [5.74, 6) is 0.958. The lowest BCUT2D eigenvalue weighted by molar-refractivity contribution is 0.546. The van der Waals surface area contributed by atoms with Crippen molar-refractivity contribution in [3.8, 4) is 0 Å². The van der Waals surface area contributed by atoms with Crippen LogP contribution in [0.5, 0.6) is 0 Å². The summed E-state index contributed by atoms with van der Waals surface area (Å²) in [5, 5.41) is 0. The van der Waals surface area contributed by atoms with Crippen LogP contribution in [0.4, 0.5) is 0 Å². The van der Waals surface area contributed by atoms with Gasteiger partial charge in [0.15, 0.2) is 6.26 Å². The second-order valence-electron chi connectivity index (χ2n) is 0.690. The molecule has 1 aliphatic heterocycles. The summed E-state index contributed by atoms with van der Waals surface area (Å²) < 4.78 is 4.56. The number of hydrogen-bond donors (Lipinski definition) is 0. The van der Waals surface area contributed by atoms with Crippen LogP contribution in [0, 0.1) is 6.26 Å². The molecule has 0 unspecified atom stereocenters. The van der Waals surface area contributed by atoms with Crippen LogP contribution in [-0.2, 0) is 4.18 Å². The van der Waals surface area contributed by atoms with Crippen LogP contribution in [0.2, 0.25) is 0 Å². The molecule has 0 atom stereocenters. The SMILES string of the molecule is [C]1=CCSO1. The molecule has 0 saturated heterocycles. The van der Waals surface area contributed by atoms with Crippen molar-refractivity contribution in [1.82, 2.24) is 0 Å². The Hall–Kier alpha value is -0.110. The minimum atomic E-state index is 0.958. The van der Waals surface area contributed by atoms with E-state index >= 15 is 0 Å². The minimum Gasteiger partial charge on any atom is -0.422 e. The van der Waals surface area contributed by atoms with E-state index in [4.69, 9.17) is 0 Å². The first-order valence-corrected chi connectivity index (χ1v) is 2.27. The zero-order valence-corrected chi connectivity index (χ0v) is 3.42. The van der Waals surface area contributed by atoms with E-state index in [1.165, 1.54) is 12.0 Å². The summed E-state index contributed by atoms with van der Waals surface area (Å²) in [5.41, 5.74) is 0. The van der Waals surface area contributed by atoms with E-state index in [1.807, 2.05) is 6.08 Å². The first-order chi connectivity index (χ1) is 2.50. The van der Waals surface area contributed by atoms with E-state index in [2.05, 4.69) is 10.4 Å². The first kappa shape index (κ1) is 3.09. The Labute approximate surface area is 35.2 Å². The lowest BCUT2D eigenvalue weighted by atomic mass is 10.7. The molecule has 0 bridgehead atoms. The molecular formula is C3H3OS. The van der Waals surface area contributed by atoms with Crippen molar-refractivity contribution < 1.29 is 4.18 Å². The van der Waals surface area contributed by atoms with Crippen molar-refractivity contribution in [1.29, 1.82) is 0 Å². The van der Waals surface area contributed by atoms with Crippen LogP contribution < -0.4 is 0 Å². The predicted molar refractivity (Wildman–Crippen MR) is 21.4 cm³/mol. The molecule has 0 N–H and O–H groups in total. The van der Waals surface area contributed by atoms with Gasteiger partial charge in [-0.3, -0.25) is 0 Å². The van der Waals surface area contributed by atoms with Crippen molar-refractivity contribution in [3.63, 3.8) is 0 Å². The van der Waals surface area contributed by atoms with Gasteiger partial charge < -0.3 is 4.18 Å². The molecule has 1 aliphatic rings. The Kier molecular flexibility index (Phi) is 0.841. The van der Waals surface area contributed by atoms with Crippen LogP contribution in [0.3, 0.4) is 0 Å². The van der Waals surface area contributed by atoms with Crippen molar-refractivity contribution in [2.24, 2.45) is 0 Å². The van der Waals surface area contributed by atoms with Crippen LogP contribution in [0.15, 0.2) is 6.08 Å². The third-order valence-corrected chi connectivity index (χ3v) is 0.859. The summed E-state index contributed by atoms with van der Waals surface area (Å²) in [6, 6.07) is 0. The molecule has 0 amide bonds. The Morgan fingerprint density at radius 2 is 3.00 bits per heavy atom. The lowest BCUT2D eigenvalue weighted by Gasteiger charge is -1.75. The maximum Gasteiger partial charge on any atom is 0.177 e. The molecule has 0 fully saturated rings. The van der Waals surface area contributed by atoms with E-state index in [9.17, 15) is 0 Å². The Bertz CT molecular complexity index is 44.9. The standard InChI is InChI=1S/C3H3OS/c1-2-4-5-3-1/h1H,3H2. The molecule has 0 aliphatic carbocycles. The van der Waals surface area contributed by atoms with Crippen molar-refractivity contribution in [2.75, 3.05) is 5.75 Å². The molecule has 1 rings (SSSR count). The second-order valence-corrected chi connectivity index (χ2v) is 1.43. The fourth-order valence-corrected chi connectivity index (χ4v) is 0.510.